The molecule has 1 aromatic rings. The monoisotopic (exact) mass is 315 g/mol. The third-order valence-corrected chi connectivity index (χ3v) is 3.25. The van der Waals surface area contributed by atoms with Crippen LogP contribution in [0.15, 0.2) is 42.1 Å². The van der Waals surface area contributed by atoms with E-state index in [1.165, 1.54) is 13.1 Å². The Morgan fingerprint density at radius 3 is 2.39 bits per heavy atom. The predicted molar refractivity (Wildman–Crippen MR) is 86.1 cm³/mol. The number of nitrogens with one attached hydrogen (secondary N) is 1. The number of carbonyl (C=O) groups is 2. The van der Waals surface area contributed by atoms with Crippen molar-refractivity contribution >= 4 is 11.9 Å². The van der Waals surface area contributed by atoms with Gasteiger partial charge in [0.1, 0.15) is 17.7 Å². The molecule has 0 aliphatic rings. The minimum atomic E-state index is -1.15. The Morgan fingerprint density at radius 1 is 1.30 bits per heavy atom. The Morgan fingerprint density at radius 2 is 1.91 bits per heavy atom. The molecule has 1 unspecified atom stereocenters. The van der Waals surface area contributed by atoms with Crippen LogP contribution >= 0.6 is 0 Å². The second-order valence-corrected chi connectivity index (χ2v) is 5.44. The third-order valence-electron chi connectivity index (χ3n) is 3.25. The van der Waals surface area contributed by atoms with Crippen molar-refractivity contribution in [1.82, 2.24) is 10.2 Å². The fraction of sp³-hybridized carbons (Fsp3) is 0.353. The van der Waals surface area contributed by atoms with Crippen molar-refractivity contribution in [2.24, 2.45) is 0 Å². The molecule has 1 atom stereocenters. The molecule has 0 radical (unpaired) electrons. The van der Waals surface area contributed by atoms with E-state index < -0.39 is 17.9 Å². The summed E-state index contributed by atoms with van der Waals surface area (Å²) in [5.41, 5.74) is 0.928. The van der Waals surface area contributed by atoms with E-state index >= 15 is 0 Å². The molecule has 1 aromatic carbocycles. The molecular weight excluding hydrogens is 294 g/mol. The number of carbonyl (C=O) groups excluding carboxylic acids is 1. The molecule has 6 nitrogen and oxygen atoms in total. The second kappa shape index (κ2) is 8.59. The Bertz CT molecular complexity index is 618. The SMILES string of the molecule is CC(NC(=O)/C(C#N)=C\N(Cc1ccccc1)C(C)C)C(=O)O. The quantitative estimate of drug-likeness (QED) is 0.592. The molecule has 0 bridgehead atoms. The molecular formula is C17H21N3O3. The number of carboxylic acids is 1. The number of hydrogen-bond acceptors (Lipinski definition) is 4. The van der Waals surface area contributed by atoms with Gasteiger partial charge in [0.05, 0.1) is 0 Å². The lowest BCUT2D eigenvalue weighted by Gasteiger charge is -2.25. The summed E-state index contributed by atoms with van der Waals surface area (Å²) in [4.78, 5) is 24.7. The van der Waals surface area contributed by atoms with E-state index in [9.17, 15) is 14.9 Å². The van der Waals surface area contributed by atoms with E-state index in [0.29, 0.717) is 6.54 Å². The lowest BCUT2D eigenvalue weighted by atomic mass is 10.2. The minimum absolute atomic E-state index is 0.0725. The van der Waals surface area contributed by atoms with E-state index in [1.54, 1.807) is 0 Å². The molecule has 1 rings (SSSR count). The van der Waals surface area contributed by atoms with E-state index in [-0.39, 0.29) is 11.6 Å². The van der Waals surface area contributed by atoms with Gasteiger partial charge < -0.3 is 15.3 Å². The van der Waals surface area contributed by atoms with E-state index in [2.05, 4.69) is 5.32 Å². The summed E-state index contributed by atoms with van der Waals surface area (Å²) in [7, 11) is 0. The highest BCUT2D eigenvalue weighted by atomic mass is 16.4. The number of nitrogens with zero attached hydrogens (tertiary/aromatic N) is 2. The number of aliphatic carboxylic acids is 1. The topological polar surface area (TPSA) is 93.4 Å². The standard InChI is InChI=1S/C17H21N3O3/c1-12(2)20(10-14-7-5-4-6-8-14)11-15(9-18)16(21)19-13(3)17(22)23/h4-8,11-13H,10H2,1-3H3,(H,19,21)(H,22,23)/b15-11-. The van der Waals surface area contributed by atoms with Gasteiger partial charge in [-0.1, -0.05) is 30.3 Å². The maximum atomic E-state index is 12.0. The van der Waals surface area contributed by atoms with Crippen LogP contribution in [0.2, 0.25) is 0 Å². The van der Waals surface area contributed by atoms with Gasteiger partial charge in [-0.25, -0.2) is 0 Å². The van der Waals surface area contributed by atoms with Crippen LogP contribution in [0.4, 0.5) is 0 Å². The summed E-state index contributed by atoms with van der Waals surface area (Å²) < 4.78 is 0. The Kier molecular flexibility index (Phi) is 6.81. The molecule has 0 fully saturated rings. The van der Waals surface area contributed by atoms with Crippen molar-refractivity contribution in [2.45, 2.75) is 39.4 Å². The zero-order valence-electron chi connectivity index (χ0n) is 13.5. The van der Waals surface area contributed by atoms with Gasteiger partial charge >= 0.3 is 5.97 Å². The maximum Gasteiger partial charge on any atom is 0.325 e. The molecule has 0 spiro atoms. The van der Waals surface area contributed by atoms with Crippen LogP contribution in [-0.4, -0.2) is 34.0 Å². The third kappa shape index (κ3) is 5.83. The highest BCUT2D eigenvalue weighted by molar-refractivity contribution is 5.99. The van der Waals surface area contributed by atoms with E-state index in [1.807, 2.05) is 55.1 Å². The summed E-state index contributed by atoms with van der Waals surface area (Å²) in [5.74, 6) is -1.85. The fourth-order valence-corrected chi connectivity index (χ4v) is 1.81. The highest BCUT2D eigenvalue weighted by Crippen LogP contribution is 2.11. The van der Waals surface area contributed by atoms with Gasteiger partial charge in [0, 0.05) is 18.8 Å². The summed E-state index contributed by atoms with van der Waals surface area (Å²) in [6.07, 6.45) is 1.47. The summed E-state index contributed by atoms with van der Waals surface area (Å²) >= 11 is 0. The Balaban J connectivity index is 2.92. The lowest BCUT2D eigenvalue weighted by molar-refractivity contribution is -0.140. The smallest absolute Gasteiger partial charge is 0.325 e. The summed E-state index contributed by atoms with van der Waals surface area (Å²) in [6.45, 7) is 5.79. The van der Waals surface area contributed by atoms with Crippen molar-refractivity contribution < 1.29 is 14.7 Å². The number of rotatable bonds is 7. The molecule has 122 valence electrons. The van der Waals surface area contributed by atoms with Gasteiger partial charge in [-0.05, 0) is 26.3 Å². The number of hydrogen-bond donors (Lipinski definition) is 2. The number of benzene rings is 1. The minimum Gasteiger partial charge on any atom is -0.480 e. The van der Waals surface area contributed by atoms with Gasteiger partial charge in [-0.15, -0.1) is 0 Å². The lowest BCUT2D eigenvalue weighted by Crippen LogP contribution is -2.39. The molecule has 23 heavy (non-hydrogen) atoms. The van der Waals surface area contributed by atoms with Crippen molar-refractivity contribution in [3.63, 3.8) is 0 Å². The van der Waals surface area contributed by atoms with Crippen molar-refractivity contribution in [3.05, 3.63) is 47.7 Å². The van der Waals surface area contributed by atoms with Crippen molar-refractivity contribution in [1.29, 1.82) is 5.26 Å². The molecule has 2 N–H and O–H groups in total. The largest absolute Gasteiger partial charge is 0.480 e. The van der Waals surface area contributed by atoms with E-state index in [4.69, 9.17) is 5.11 Å². The van der Waals surface area contributed by atoms with Gasteiger partial charge in [0.2, 0.25) is 0 Å². The van der Waals surface area contributed by atoms with Crippen LogP contribution in [-0.2, 0) is 16.1 Å². The molecule has 0 aromatic heterocycles. The zero-order chi connectivity index (χ0) is 17.4. The van der Waals surface area contributed by atoms with Crippen LogP contribution in [0, 0.1) is 11.3 Å². The normalized spacial score (nSPS) is 12.4. The first-order valence-corrected chi connectivity index (χ1v) is 7.30. The fourth-order valence-electron chi connectivity index (χ4n) is 1.81. The first-order chi connectivity index (χ1) is 10.8. The highest BCUT2D eigenvalue weighted by Gasteiger charge is 2.18. The van der Waals surface area contributed by atoms with Gasteiger partial charge in [-0.3, -0.25) is 9.59 Å². The predicted octanol–water partition coefficient (Wildman–Crippen LogP) is 1.89. The van der Waals surface area contributed by atoms with Gasteiger partial charge in [0.15, 0.2) is 0 Å². The van der Waals surface area contributed by atoms with Crippen LogP contribution < -0.4 is 5.32 Å². The van der Waals surface area contributed by atoms with Crippen molar-refractivity contribution in [3.8, 4) is 6.07 Å². The first kappa shape index (κ1) is 18.2. The van der Waals surface area contributed by atoms with Crippen LogP contribution in [0.25, 0.3) is 0 Å². The summed E-state index contributed by atoms with van der Waals surface area (Å²) in [6, 6.07) is 10.5. The molecule has 0 heterocycles. The summed E-state index contributed by atoms with van der Waals surface area (Å²) in [5, 5.41) is 20.3. The van der Waals surface area contributed by atoms with E-state index in [0.717, 1.165) is 5.56 Å². The average Bonchev–Trinajstić information content (AvgIpc) is 2.51. The zero-order valence-corrected chi connectivity index (χ0v) is 13.5. The Hall–Kier alpha value is -2.81. The van der Waals surface area contributed by atoms with Crippen LogP contribution in [0.1, 0.15) is 26.3 Å². The molecule has 0 saturated heterocycles. The maximum absolute atomic E-state index is 12.0. The Labute approximate surface area is 136 Å². The average molecular weight is 315 g/mol. The second-order valence-electron chi connectivity index (χ2n) is 5.44. The molecule has 0 aliphatic heterocycles. The number of carboxylic acid groups (broad SMARTS) is 1. The van der Waals surface area contributed by atoms with Gasteiger partial charge in [0.25, 0.3) is 5.91 Å². The molecule has 0 saturated carbocycles. The number of amides is 1. The van der Waals surface area contributed by atoms with Crippen LogP contribution in [0.5, 0.6) is 0 Å². The first-order valence-electron chi connectivity index (χ1n) is 7.30. The molecule has 1 amide bonds. The molecule has 0 aliphatic carbocycles. The van der Waals surface area contributed by atoms with Gasteiger partial charge in [-0.2, -0.15) is 5.26 Å². The number of nitriles is 1. The molecule has 6 heteroatoms. The van der Waals surface area contributed by atoms with Crippen LogP contribution in [0.3, 0.4) is 0 Å². The van der Waals surface area contributed by atoms with Crippen molar-refractivity contribution in [2.75, 3.05) is 0 Å².